The number of carboxylic acid groups (broad SMARTS) is 1. The Morgan fingerprint density at radius 1 is 1.03 bits per heavy atom. The molecule has 0 aromatic carbocycles. The smallest absolute Gasteiger partial charge is 0.326 e. The summed E-state index contributed by atoms with van der Waals surface area (Å²) in [6.45, 7) is 1.20. The van der Waals surface area contributed by atoms with Gasteiger partial charge in [0.1, 0.15) is 18.1 Å². The monoisotopic (exact) mass is 467 g/mol. The van der Waals surface area contributed by atoms with E-state index in [0.717, 1.165) is 0 Å². The number of hydrogen-bond donors (Lipinski definition) is 8. The molecule has 5 unspecified atom stereocenters. The maximum atomic E-state index is 12.5. The molecule has 5 atom stereocenters. The fraction of sp³-hybridized carbons (Fsp3) is 0.688. The maximum absolute atomic E-state index is 12.5. The van der Waals surface area contributed by atoms with Crippen molar-refractivity contribution in [2.75, 3.05) is 17.8 Å². The topological polar surface area (TPSA) is 214 Å². The molecule has 0 saturated heterocycles. The molecule has 12 nitrogen and oxygen atoms in total. The van der Waals surface area contributed by atoms with Gasteiger partial charge in [0.15, 0.2) is 0 Å². The van der Waals surface area contributed by atoms with E-state index in [9.17, 15) is 29.1 Å². The van der Waals surface area contributed by atoms with Crippen LogP contribution in [0.5, 0.6) is 0 Å². The van der Waals surface area contributed by atoms with Crippen LogP contribution >= 0.6 is 24.4 Å². The van der Waals surface area contributed by atoms with Gasteiger partial charge < -0.3 is 37.6 Å². The van der Waals surface area contributed by atoms with Crippen LogP contribution < -0.4 is 27.4 Å². The zero-order chi connectivity index (χ0) is 23.4. The first-order valence-electron chi connectivity index (χ1n) is 8.90. The number of thioether (sulfide) groups is 1. The number of hydrogen-bond acceptors (Lipinski definition) is 9. The third-order valence-electron chi connectivity index (χ3n) is 3.87. The molecule has 0 bridgehead atoms. The molecule has 30 heavy (non-hydrogen) atoms. The van der Waals surface area contributed by atoms with Crippen molar-refractivity contribution in [1.82, 2.24) is 16.0 Å². The van der Waals surface area contributed by atoms with Crippen molar-refractivity contribution in [2.45, 2.75) is 50.0 Å². The summed E-state index contributed by atoms with van der Waals surface area (Å²) in [4.78, 5) is 59.0. The maximum Gasteiger partial charge on any atom is 0.326 e. The van der Waals surface area contributed by atoms with Crippen LogP contribution in [-0.4, -0.2) is 87.8 Å². The number of thiol groups is 1. The van der Waals surface area contributed by atoms with Crippen LogP contribution in [0, 0.1) is 0 Å². The summed E-state index contributed by atoms with van der Waals surface area (Å²) >= 11 is 5.51. The predicted molar refractivity (Wildman–Crippen MR) is 114 cm³/mol. The van der Waals surface area contributed by atoms with E-state index in [2.05, 4.69) is 23.3 Å². The van der Waals surface area contributed by atoms with E-state index >= 15 is 0 Å². The average molecular weight is 468 g/mol. The first kappa shape index (κ1) is 28.0. The largest absolute Gasteiger partial charge is 0.480 e. The first-order chi connectivity index (χ1) is 13.9. The summed E-state index contributed by atoms with van der Waals surface area (Å²) in [5.74, 6) is -4.42. The molecular formula is C16H29N5O7S2. The normalized spacial score (nSPS) is 15.8. The van der Waals surface area contributed by atoms with Crippen molar-refractivity contribution in [3.8, 4) is 0 Å². The lowest BCUT2D eigenvalue weighted by molar-refractivity contribution is -0.144. The zero-order valence-corrected chi connectivity index (χ0v) is 18.4. The second-order valence-electron chi connectivity index (χ2n) is 6.43. The first-order valence-corrected chi connectivity index (χ1v) is 10.9. The Morgan fingerprint density at radius 2 is 1.60 bits per heavy atom. The van der Waals surface area contributed by atoms with Crippen molar-refractivity contribution in [1.29, 1.82) is 0 Å². The number of carbonyl (C=O) groups excluding carboxylic acids is 4. The molecule has 0 aliphatic rings. The van der Waals surface area contributed by atoms with Crippen LogP contribution in [-0.2, 0) is 24.0 Å². The van der Waals surface area contributed by atoms with Gasteiger partial charge in [-0.3, -0.25) is 19.2 Å². The Labute approximate surface area is 183 Å². The second-order valence-corrected chi connectivity index (χ2v) is 7.78. The number of nitrogens with one attached hydrogen (secondary N) is 3. The number of carbonyl (C=O) groups is 5. The highest BCUT2D eigenvalue weighted by atomic mass is 32.2. The molecule has 0 aliphatic heterocycles. The lowest BCUT2D eigenvalue weighted by Crippen LogP contribution is -2.60. The van der Waals surface area contributed by atoms with E-state index in [4.69, 9.17) is 16.6 Å². The van der Waals surface area contributed by atoms with Crippen LogP contribution in [0.1, 0.15) is 19.8 Å². The molecule has 0 saturated carbocycles. The molecule has 4 amide bonds. The highest BCUT2D eigenvalue weighted by Crippen LogP contribution is 2.02. The summed E-state index contributed by atoms with van der Waals surface area (Å²) in [5.41, 5.74) is 10.7. The molecular weight excluding hydrogens is 438 g/mol. The van der Waals surface area contributed by atoms with E-state index in [1.165, 1.54) is 18.7 Å². The summed E-state index contributed by atoms with van der Waals surface area (Å²) in [7, 11) is 0. The van der Waals surface area contributed by atoms with Crippen molar-refractivity contribution in [2.24, 2.45) is 11.5 Å². The Morgan fingerprint density at radius 3 is 2.03 bits per heavy atom. The fourth-order valence-electron chi connectivity index (χ4n) is 2.17. The van der Waals surface area contributed by atoms with E-state index in [0.29, 0.717) is 12.2 Å². The van der Waals surface area contributed by atoms with Crippen LogP contribution in [0.2, 0.25) is 0 Å². The van der Waals surface area contributed by atoms with Crippen molar-refractivity contribution < 1.29 is 34.2 Å². The van der Waals surface area contributed by atoms with Crippen LogP contribution in [0.4, 0.5) is 0 Å². The number of primary amides is 1. The van der Waals surface area contributed by atoms with Crippen molar-refractivity contribution >= 4 is 54.0 Å². The molecule has 0 aliphatic carbocycles. The highest BCUT2D eigenvalue weighted by Gasteiger charge is 2.32. The van der Waals surface area contributed by atoms with E-state index in [1.54, 1.807) is 0 Å². The molecule has 172 valence electrons. The summed E-state index contributed by atoms with van der Waals surface area (Å²) in [5, 5.41) is 25.6. The number of aliphatic hydroxyl groups is 1. The third-order valence-corrected chi connectivity index (χ3v) is 4.88. The molecule has 0 rings (SSSR count). The Balaban J connectivity index is 5.14. The Kier molecular flexibility index (Phi) is 13.1. The van der Waals surface area contributed by atoms with Gasteiger partial charge in [-0.15, -0.1) is 0 Å². The Hall–Kier alpha value is -2.03. The van der Waals surface area contributed by atoms with Gasteiger partial charge in [0.2, 0.25) is 23.6 Å². The van der Waals surface area contributed by atoms with Gasteiger partial charge in [0.05, 0.1) is 18.6 Å². The lowest BCUT2D eigenvalue weighted by Gasteiger charge is -2.25. The number of nitrogens with two attached hydrogens (primary N) is 2. The quantitative estimate of drug-likeness (QED) is 0.120. The molecule has 0 radical (unpaired) electrons. The van der Waals surface area contributed by atoms with Gasteiger partial charge >= 0.3 is 5.97 Å². The average Bonchev–Trinajstić information content (AvgIpc) is 2.66. The summed E-state index contributed by atoms with van der Waals surface area (Å²) in [6.07, 6.45) is 0.152. The number of aliphatic hydroxyl groups excluding tert-OH is 1. The molecule has 14 heteroatoms. The SMILES string of the molecule is CSCCC(N)C(=O)NC(CS)C(=O)NC(C(=O)NC(CC(N)=O)C(=O)O)C(C)O. The van der Waals surface area contributed by atoms with Crippen LogP contribution in [0.3, 0.4) is 0 Å². The number of rotatable bonds is 14. The molecule has 0 heterocycles. The minimum atomic E-state index is -1.64. The van der Waals surface area contributed by atoms with Gasteiger partial charge in [0, 0.05) is 5.75 Å². The standard InChI is InChI=1S/C16H29N5O7S2/c1-7(22)12(15(26)19-9(16(27)28)5-11(18)23)21-14(25)10(6-29)20-13(24)8(17)3-4-30-2/h7-10,12,22,29H,3-6,17H2,1-2H3,(H2,18,23)(H,19,26)(H,20,24)(H,21,25)(H,27,28). The van der Waals surface area contributed by atoms with Crippen molar-refractivity contribution in [3.63, 3.8) is 0 Å². The minimum Gasteiger partial charge on any atom is -0.480 e. The minimum absolute atomic E-state index is 0.125. The molecule has 0 spiro atoms. The number of amides is 4. The number of aliphatic carboxylic acids is 1. The van der Waals surface area contributed by atoms with E-state index in [-0.39, 0.29) is 5.75 Å². The van der Waals surface area contributed by atoms with Gasteiger partial charge in [-0.05, 0) is 25.4 Å². The fourth-order valence-corrected chi connectivity index (χ4v) is 2.92. The van der Waals surface area contributed by atoms with Crippen molar-refractivity contribution in [3.05, 3.63) is 0 Å². The molecule has 9 N–H and O–H groups in total. The highest BCUT2D eigenvalue weighted by molar-refractivity contribution is 7.98. The van der Waals surface area contributed by atoms with Gasteiger partial charge in [0.25, 0.3) is 0 Å². The van der Waals surface area contributed by atoms with Crippen LogP contribution in [0.25, 0.3) is 0 Å². The predicted octanol–water partition coefficient (Wildman–Crippen LogP) is -3.21. The second kappa shape index (κ2) is 14.1. The third kappa shape index (κ3) is 10.1. The van der Waals surface area contributed by atoms with E-state index in [1.807, 2.05) is 11.6 Å². The molecule has 0 aromatic heterocycles. The molecule has 0 fully saturated rings. The van der Waals surface area contributed by atoms with Gasteiger partial charge in [-0.2, -0.15) is 24.4 Å². The van der Waals surface area contributed by atoms with Crippen LogP contribution in [0.15, 0.2) is 0 Å². The molecule has 0 aromatic rings. The van der Waals surface area contributed by atoms with Gasteiger partial charge in [-0.1, -0.05) is 0 Å². The Bertz CT molecular complexity index is 635. The summed E-state index contributed by atoms with van der Waals surface area (Å²) in [6, 6.07) is -5.19. The number of carboxylic acids is 1. The summed E-state index contributed by atoms with van der Waals surface area (Å²) < 4.78 is 0. The zero-order valence-electron chi connectivity index (χ0n) is 16.7. The lowest BCUT2D eigenvalue weighted by atomic mass is 10.1. The van der Waals surface area contributed by atoms with Gasteiger partial charge in [-0.25, -0.2) is 4.79 Å². The van der Waals surface area contributed by atoms with E-state index < -0.39 is 66.3 Å².